The predicted molar refractivity (Wildman–Crippen MR) is 75.7 cm³/mol. The lowest BCUT2D eigenvalue weighted by atomic mass is 10.1. The van der Waals surface area contributed by atoms with Crippen LogP contribution in [0.2, 0.25) is 0 Å². The molecule has 2 N–H and O–H groups in total. The van der Waals surface area contributed by atoms with Gasteiger partial charge in [0.25, 0.3) is 5.22 Å². The van der Waals surface area contributed by atoms with Crippen molar-refractivity contribution in [2.75, 3.05) is 7.11 Å². The quantitative estimate of drug-likeness (QED) is 0.927. The van der Waals surface area contributed by atoms with E-state index < -0.39 is 0 Å². The summed E-state index contributed by atoms with van der Waals surface area (Å²) >= 11 is 1.47. The summed E-state index contributed by atoms with van der Waals surface area (Å²) in [5.74, 6) is 1.63. The minimum Gasteiger partial charge on any atom is -0.496 e. The van der Waals surface area contributed by atoms with Gasteiger partial charge in [0.1, 0.15) is 11.5 Å². The van der Waals surface area contributed by atoms with E-state index in [0.29, 0.717) is 5.22 Å². The Morgan fingerprint density at radius 3 is 2.63 bits per heavy atom. The molecule has 0 fully saturated rings. The highest BCUT2D eigenvalue weighted by molar-refractivity contribution is 7.99. The Kier molecular flexibility index (Phi) is 4.17. The average molecular weight is 278 g/mol. The number of hydrogen-bond donors (Lipinski definition) is 1. The van der Waals surface area contributed by atoms with Crippen LogP contribution in [0.15, 0.2) is 32.7 Å². The molecule has 0 aliphatic rings. The van der Waals surface area contributed by atoms with Crippen LogP contribution >= 0.6 is 11.8 Å². The highest BCUT2D eigenvalue weighted by Crippen LogP contribution is 2.37. The van der Waals surface area contributed by atoms with Gasteiger partial charge in [0, 0.05) is 16.5 Å². The van der Waals surface area contributed by atoms with Crippen LogP contribution in [-0.2, 0) is 0 Å². The van der Waals surface area contributed by atoms with Crippen LogP contribution in [0.4, 0.5) is 0 Å². The van der Waals surface area contributed by atoms with Crippen LogP contribution < -0.4 is 10.5 Å². The van der Waals surface area contributed by atoms with Gasteiger partial charge in [-0.25, -0.2) is 4.98 Å². The van der Waals surface area contributed by atoms with Crippen molar-refractivity contribution < 1.29 is 9.15 Å². The first-order valence-corrected chi connectivity index (χ1v) is 6.89. The summed E-state index contributed by atoms with van der Waals surface area (Å²) < 4.78 is 11.0. The molecule has 1 unspecified atom stereocenters. The summed E-state index contributed by atoms with van der Waals surface area (Å²) in [7, 11) is 1.65. The zero-order valence-corrected chi connectivity index (χ0v) is 12.4. The number of nitrogens with two attached hydrogens (primary N) is 1. The minimum absolute atomic E-state index is 0.115. The Morgan fingerprint density at radius 1 is 1.37 bits per heavy atom. The smallest absolute Gasteiger partial charge is 0.261 e. The van der Waals surface area contributed by atoms with Gasteiger partial charge in [0.15, 0.2) is 0 Å². The Labute approximate surface area is 117 Å². The van der Waals surface area contributed by atoms with Crippen molar-refractivity contribution in [2.24, 2.45) is 5.73 Å². The van der Waals surface area contributed by atoms with E-state index in [1.165, 1.54) is 11.8 Å². The molecule has 0 spiro atoms. The number of aromatic nitrogens is 1. The largest absolute Gasteiger partial charge is 0.496 e. The number of rotatable bonds is 4. The van der Waals surface area contributed by atoms with Crippen molar-refractivity contribution >= 4 is 11.8 Å². The maximum atomic E-state index is 6.04. The summed E-state index contributed by atoms with van der Waals surface area (Å²) in [5.41, 5.74) is 7.92. The lowest BCUT2D eigenvalue weighted by molar-refractivity contribution is 0.404. The lowest BCUT2D eigenvalue weighted by Crippen LogP contribution is -2.08. The van der Waals surface area contributed by atoms with Crippen LogP contribution in [0, 0.1) is 13.8 Å². The molecule has 0 radical (unpaired) electrons. The van der Waals surface area contributed by atoms with E-state index in [4.69, 9.17) is 14.9 Å². The number of ether oxygens (including phenoxy) is 1. The van der Waals surface area contributed by atoms with E-state index in [0.717, 1.165) is 27.7 Å². The van der Waals surface area contributed by atoms with Crippen molar-refractivity contribution in [1.82, 2.24) is 4.98 Å². The van der Waals surface area contributed by atoms with Gasteiger partial charge >= 0.3 is 0 Å². The van der Waals surface area contributed by atoms with Crippen LogP contribution in [0.25, 0.3) is 0 Å². The van der Waals surface area contributed by atoms with Gasteiger partial charge in [0.2, 0.25) is 0 Å². The van der Waals surface area contributed by atoms with Crippen molar-refractivity contribution in [1.29, 1.82) is 0 Å². The van der Waals surface area contributed by atoms with Gasteiger partial charge in [-0.15, -0.1) is 0 Å². The summed E-state index contributed by atoms with van der Waals surface area (Å²) in [4.78, 5) is 5.39. The fourth-order valence-corrected chi connectivity index (χ4v) is 2.90. The molecule has 1 heterocycles. The van der Waals surface area contributed by atoms with E-state index in [9.17, 15) is 0 Å². The van der Waals surface area contributed by atoms with Gasteiger partial charge in [-0.3, -0.25) is 0 Å². The second-order valence-corrected chi connectivity index (χ2v) is 5.38. The molecule has 0 saturated carbocycles. The number of hydrogen-bond acceptors (Lipinski definition) is 5. The van der Waals surface area contributed by atoms with Crippen molar-refractivity contribution in [2.45, 2.75) is 36.9 Å². The molecular weight excluding hydrogens is 260 g/mol. The number of aryl methyl sites for hydroxylation is 2. The van der Waals surface area contributed by atoms with E-state index in [-0.39, 0.29) is 6.04 Å². The fraction of sp³-hybridized carbons (Fsp3) is 0.357. The van der Waals surface area contributed by atoms with Crippen molar-refractivity contribution in [3.8, 4) is 5.75 Å². The van der Waals surface area contributed by atoms with E-state index >= 15 is 0 Å². The molecule has 5 heteroatoms. The van der Waals surface area contributed by atoms with Crippen LogP contribution in [0.3, 0.4) is 0 Å². The zero-order valence-electron chi connectivity index (χ0n) is 11.6. The van der Waals surface area contributed by atoms with E-state index in [1.54, 1.807) is 7.11 Å². The SMILES string of the molecule is COc1cccc(Sc2nc(C)c(C)o2)c1C(C)N. The number of benzene rings is 1. The Hall–Kier alpha value is -1.46. The van der Waals surface area contributed by atoms with Crippen molar-refractivity contribution in [3.05, 3.63) is 35.2 Å². The molecule has 102 valence electrons. The molecule has 2 rings (SSSR count). The van der Waals surface area contributed by atoms with Gasteiger partial charge < -0.3 is 14.9 Å². The van der Waals surface area contributed by atoms with E-state index in [1.807, 2.05) is 39.0 Å². The molecule has 0 amide bonds. The molecular formula is C14H18N2O2S. The van der Waals surface area contributed by atoms with Gasteiger partial charge in [-0.1, -0.05) is 6.07 Å². The second-order valence-electron chi connectivity index (χ2n) is 4.38. The van der Waals surface area contributed by atoms with Gasteiger partial charge in [0.05, 0.1) is 12.8 Å². The first-order chi connectivity index (χ1) is 9.02. The molecule has 4 nitrogen and oxygen atoms in total. The monoisotopic (exact) mass is 278 g/mol. The topological polar surface area (TPSA) is 61.3 Å². The number of methoxy groups -OCH3 is 1. The maximum Gasteiger partial charge on any atom is 0.261 e. The minimum atomic E-state index is -0.115. The highest BCUT2D eigenvalue weighted by atomic mass is 32.2. The first-order valence-electron chi connectivity index (χ1n) is 6.07. The fourth-order valence-electron chi connectivity index (χ4n) is 1.82. The van der Waals surface area contributed by atoms with Gasteiger partial charge in [-0.2, -0.15) is 0 Å². The summed E-state index contributed by atoms with van der Waals surface area (Å²) in [6, 6.07) is 5.74. The highest BCUT2D eigenvalue weighted by Gasteiger charge is 2.16. The molecule has 1 aromatic carbocycles. The molecule has 0 saturated heterocycles. The summed E-state index contributed by atoms with van der Waals surface area (Å²) in [6.45, 7) is 5.78. The summed E-state index contributed by atoms with van der Waals surface area (Å²) in [5, 5.41) is 0.630. The zero-order chi connectivity index (χ0) is 14.0. The molecule has 19 heavy (non-hydrogen) atoms. The van der Waals surface area contributed by atoms with Crippen molar-refractivity contribution in [3.63, 3.8) is 0 Å². The number of oxazole rings is 1. The summed E-state index contributed by atoms with van der Waals surface area (Å²) in [6.07, 6.45) is 0. The van der Waals surface area contributed by atoms with Crippen LogP contribution in [-0.4, -0.2) is 12.1 Å². The molecule has 0 aliphatic heterocycles. The third-order valence-electron chi connectivity index (χ3n) is 2.91. The van der Waals surface area contributed by atoms with Crippen LogP contribution in [0.5, 0.6) is 5.75 Å². The lowest BCUT2D eigenvalue weighted by Gasteiger charge is -2.15. The second kappa shape index (κ2) is 5.67. The molecule has 0 bridgehead atoms. The molecule has 2 aromatic rings. The maximum absolute atomic E-state index is 6.04. The Balaban J connectivity index is 2.39. The van der Waals surface area contributed by atoms with Gasteiger partial charge in [-0.05, 0) is 44.7 Å². The number of nitrogens with zero attached hydrogens (tertiary/aromatic N) is 1. The molecule has 1 aromatic heterocycles. The Morgan fingerprint density at radius 2 is 2.11 bits per heavy atom. The third-order valence-corrected chi connectivity index (χ3v) is 3.83. The standard InChI is InChI=1S/C14H18N2O2S/c1-8(15)13-11(17-4)6-5-7-12(13)19-14-16-9(2)10(3)18-14/h5-8H,15H2,1-4H3. The molecule has 1 atom stereocenters. The van der Waals surface area contributed by atoms with Crippen LogP contribution in [0.1, 0.15) is 30.0 Å². The molecule has 0 aliphatic carbocycles. The average Bonchev–Trinajstić information content (AvgIpc) is 2.67. The predicted octanol–water partition coefficient (Wildman–Crippen LogP) is 3.47. The Bertz CT molecular complexity index is 559. The third kappa shape index (κ3) is 2.93. The first kappa shape index (κ1) is 14.0. The van der Waals surface area contributed by atoms with E-state index in [2.05, 4.69) is 4.98 Å². The normalized spacial score (nSPS) is 12.5.